The lowest BCUT2D eigenvalue weighted by atomic mass is 9.90. The van der Waals surface area contributed by atoms with Crippen molar-refractivity contribution in [3.8, 4) is 5.75 Å². The zero-order chi connectivity index (χ0) is 9.43. The SMILES string of the molecule is C1=NCC2(COc3ccccc3C2)N1. The van der Waals surface area contributed by atoms with Gasteiger partial charge in [-0.3, -0.25) is 4.99 Å². The maximum atomic E-state index is 5.72. The van der Waals surface area contributed by atoms with Gasteiger partial charge in [0.25, 0.3) is 0 Å². The molecule has 1 spiro atoms. The van der Waals surface area contributed by atoms with E-state index in [2.05, 4.69) is 22.4 Å². The van der Waals surface area contributed by atoms with Gasteiger partial charge in [-0.15, -0.1) is 0 Å². The highest BCUT2D eigenvalue weighted by Crippen LogP contribution is 2.30. The van der Waals surface area contributed by atoms with E-state index < -0.39 is 0 Å². The number of para-hydroxylation sites is 1. The fourth-order valence-corrected chi connectivity index (χ4v) is 2.07. The third-order valence-corrected chi connectivity index (χ3v) is 2.86. The van der Waals surface area contributed by atoms with E-state index in [-0.39, 0.29) is 5.54 Å². The number of rotatable bonds is 0. The van der Waals surface area contributed by atoms with E-state index in [0.717, 1.165) is 18.7 Å². The Hall–Kier alpha value is -1.51. The lowest BCUT2D eigenvalue weighted by molar-refractivity contribution is 0.187. The number of hydrogen-bond acceptors (Lipinski definition) is 3. The third-order valence-electron chi connectivity index (χ3n) is 2.86. The molecule has 72 valence electrons. The molecule has 1 atom stereocenters. The lowest BCUT2D eigenvalue weighted by Crippen LogP contribution is -2.52. The number of aliphatic imine (C=N–C) groups is 1. The Morgan fingerprint density at radius 1 is 1.36 bits per heavy atom. The van der Waals surface area contributed by atoms with E-state index in [0.29, 0.717) is 6.61 Å². The van der Waals surface area contributed by atoms with Crippen LogP contribution in [0.5, 0.6) is 5.75 Å². The van der Waals surface area contributed by atoms with Crippen LogP contribution in [-0.4, -0.2) is 25.0 Å². The van der Waals surface area contributed by atoms with Crippen molar-refractivity contribution < 1.29 is 4.74 Å². The van der Waals surface area contributed by atoms with E-state index in [1.54, 1.807) is 6.34 Å². The zero-order valence-corrected chi connectivity index (χ0v) is 7.86. The summed E-state index contributed by atoms with van der Waals surface area (Å²) in [5, 5.41) is 3.30. The van der Waals surface area contributed by atoms with Crippen LogP contribution in [0.25, 0.3) is 0 Å². The Balaban J connectivity index is 1.93. The van der Waals surface area contributed by atoms with Gasteiger partial charge < -0.3 is 10.1 Å². The van der Waals surface area contributed by atoms with Crippen LogP contribution < -0.4 is 10.1 Å². The lowest BCUT2D eigenvalue weighted by Gasteiger charge is -2.34. The van der Waals surface area contributed by atoms with Gasteiger partial charge in [0.15, 0.2) is 0 Å². The molecule has 0 aromatic heterocycles. The number of nitrogens with zero attached hydrogens (tertiary/aromatic N) is 1. The van der Waals surface area contributed by atoms with Crippen LogP contribution in [0.3, 0.4) is 0 Å². The molecule has 1 aromatic carbocycles. The molecule has 2 aliphatic heterocycles. The number of ether oxygens (including phenoxy) is 1. The largest absolute Gasteiger partial charge is 0.491 e. The summed E-state index contributed by atoms with van der Waals surface area (Å²) in [6.07, 6.45) is 2.79. The van der Waals surface area contributed by atoms with Crippen molar-refractivity contribution in [1.29, 1.82) is 0 Å². The molecule has 3 heteroatoms. The summed E-state index contributed by atoms with van der Waals surface area (Å²) < 4.78 is 5.72. The number of fused-ring (bicyclic) bond motifs is 1. The summed E-state index contributed by atoms with van der Waals surface area (Å²) in [7, 11) is 0. The number of hydrogen-bond donors (Lipinski definition) is 1. The zero-order valence-electron chi connectivity index (χ0n) is 7.86. The van der Waals surface area contributed by atoms with Crippen molar-refractivity contribution in [2.24, 2.45) is 4.99 Å². The molecule has 1 unspecified atom stereocenters. The summed E-state index contributed by atoms with van der Waals surface area (Å²) in [6.45, 7) is 1.53. The molecular formula is C11H12N2O. The molecule has 3 nitrogen and oxygen atoms in total. The van der Waals surface area contributed by atoms with Crippen LogP contribution in [0.4, 0.5) is 0 Å². The van der Waals surface area contributed by atoms with Gasteiger partial charge in [-0.05, 0) is 11.6 Å². The van der Waals surface area contributed by atoms with Gasteiger partial charge in [0.05, 0.1) is 18.4 Å². The van der Waals surface area contributed by atoms with Crippen LogP contribution in [0, 0.1) is 0 Å². The smallest absolute Gasteiger partial charge is 0.122 e. The molecule has 2 heterocycles. The molecule has 0 amide bonds. The standard InChI is InChI=1S/C11H12N2O/c1-2-4-10-9(3-1)5-11(7-14-10)6-12-8-13-11/h1-4,8H,5-7H2,(H,12,13). The maximum Gasteiger partial charge on any atom is 0.122 e. The van der Waals surface area contributed by atoms with Crippen molar-refractivity contribution >= 4 is 6.34 Å². The Bertz CT molecular complexity index is 379. The second-order valence-electron chi connectivity index (χ2n) is 3.97. The molecule has 0 fully saturated rings. The van der Waals surface area contributed by atoms with E-state index >= 15 is 0 Å². The first kappa shape index (κ1) is 7.85. The van der Waals surface area contributed by atoms with E-state index in [4.69, 9.17) is 4.74 Å². The molecule has 0 saturated heterocycles. The molecule has 0 bridgehead atoms. The highest BCUT2D eigenvalue weighted by atomic mass is 16.5. The Morgan fingerprint density at radius 3 is 3.14 bits per heavy atom. The van der Waals surface area contributed by atoms with Gasteiger partial charge in [-0.1, -0.05) is 18.2 Å². The predicted molar refractivity (Wildman–Crippen MR) is 54.9 cm³/mol. The van der Waals surface area contributed by atoms with Gasteiger partial charge in [-0.25, -0.2) is 0 Å². The number of nitrogens with one attached hydrogen (secondary N) is 1. The minimum Gasteiger partial charge on any atom is -0.491 e. The van der Waals surface area contributed by atoms with E-state index in [9.17, 15) is 0 Å². The molecule has 0 aliphatic carbocycles. The third kappa shape index (κ3) is 1.09. The fraction of sp³-hybridized carbons (Fsp3) is 0.364. The molecule has 2 aliphatic rings. The van der Waals surface area contributed by atoms with Crippen LogP contribution in [0.15, 0.2) is 29.3 Å². The van der Waals surface area contributed by atoms with Gasteiger partial charge in [-0.2, -0.15) is 0 Å². The van der Waals surface area contributed by atoms with Gasteiger partial charge in [0.2, 0.25) is 0 Å². The van der Waals surface area contributed by atoms with Gasteiger partial charge in [0.1, 0.15) is 12.4 Å². The molecule has 14 heavy (non-hydrogen) atoms. The predicted octanol–water partition coefficient (Wildman–Crippen LogP) is 0.992. The molecule has 3 rings (SSSR count). The average Bonchev–Trinajstić information content (AvgIpc) is 2.66. The highest BCUT2D eigenvalue weighted by molar-refractivity contribution is 5.60. The van der Waals surface area contributed by atoms with Gasteiger partial charge >= 0.3 is 0 Å². The van der Waals surface area contributed by atoms with Crippen LogP contribution >= 0.6 is 0 Å². The number of benzene rings is 1. The quantitative estimate of drug-likeness (QED) is 0.658. The molecular weight excluding hydrogens is 176 g/mol. The molecule has 0 radical (unpaired) electrons. The topological polar surface area (TPSA) is 33.6 Å². The minimum atomic E-state index is 0.0222. The Kier molecular flexibility index (Phi) is 1.54. The van der Waals surface area contributed by atoms with Crippen molar-refractivity contribution in [3.63, 3.8) is 0 Å². The maximum absolute atomic E-state index is 5.72. The molecule has 1 aromatic rings. The monoisotopic (exact) mass is 188 g/mol. The average molecular weight is 188 g/mol. The van der Waals surface area contributed by atoms with Crippen molar-refractivity contribution in [2.45, 2.75) is 12.0 Å². The second-order valence-corrected chi connectivity index (χ2v) is 3.97. The summed E-state index contributed by atoms with van der Waals surface area (Å²) in [6, 6.07) is 8.21. The second kappa shape index (κ2) is 2.74. The van der Waals surface area contributed by atoms with Crippen molar-refractivity contribution in [2.75, 3.05) is 13.2 Å². The molecule has 0 saturated carbocycles. The summed E-state index contributed by atoms with van der Waals surface area (Å²) in [4.78, 5) is 4.22. The van der Waals surface area contributed by atoms with Crippen LogP contribution in [0.2, 0.25) is 0 Å². The Labute approximate surface area is 82.8 Å². The summed E-state index contributed by atoms with van der Waals surface area (Å²) in [5.74, 6) is 1.02. The highest BCUT2D eigenvalue weighted by Gasteiger charge is 2.36. The van der Waals surface area contributed by atoms with Crippen LogP contribution in [-0.2, 0) is 6.42 Å². The fourth-order valence-electron chi connectivity index (χ4n) is 2.07. The van der Waals surface area contributed by atoms with Crippen molar-refractivity contribution in [3.05, 3.63) is 29.8 Å². The summed E-state index contributed by atoms with van der Waals surface area (Å²) >= 11 is 0. The Morgan fingerprint density at radius 2 is 2.29 bits per heavy atom. The first-order valence-corrected chi connectivity index (χ1v) is 4.85. The van der Waals surface area contributed by atoms with E-state index in [1.807, 2.05) is 12.1 Å². The normalized spacial score (nSPS) is 28.3. The van der Waals surface area contributed by atoms with Gasteiger partial charge in [0, 0.05) is 6.42 Å². The van der Waals surface area contributed by atoms with Crippen LogP contribution in [0.1, 0.15) is 5.56 Å². The van der Waals surface area contributed by atoms with E-state index in [1.165, 1.54) is 5.56 Å². The van der Waals surface area contributed by atoms with Crippen molar-refractivity contribution in [1.82, 2.24) is 5.32 Å². The summed E-state index contributed by atoms with van der Waals surface area (Å²) in [5.41, 5.74) is 1.30. The first-order chi connectivity index (χ1) is 6.88. The first-order valence-electron chi connectivity index (χ1n) is 4.85. The molecule has 1 N–H and O–H groups in total. The minimum absolute atomic E-state index is 0.0222.